The molecule has 0 spiro atoms. The van der Waals surface area contributed by atoms with Gasteiger partial charge in [-0.25, -0.2) is 0 Å². The fraction of sp³-hybridized carbons (Fsp3) is 0.625. The average molecular weight is 337 g/mol. The van der Waals surface area contributed by atoms with Crippen molar-refractivity contribution in [1.82, 2.24) is 10.2 Å². The summed E-state index contributed by atoms with van der Waals surface area (Å²) in [5, 5.41) is 3.33. The van der Waals surface area contributed by atoms with Crippen LogP contribution in [-0.4, -0.2) is 37.3 Å². The average Bonchev–Trinajstić information content (AvgIpc) is 2.46. The number of alkyl halides is 3. The first-order valence-electron chi connectivity index (χ1n) is 7.57. The van der Waals surface area contributed by atoms with Crippen LogP contribution in [0, 0.1) is 5.92 Å². The predicted molar refractivity (Wildman–Crippen MR) is 85.2 cm³/mol. The first-order chi connectivity index (χ1) is 10.0. The number of hydrogen-bond donors (Lipinski definition) is 1. The Hall–Kier alpha value is -0.780. The Balaban J connectivity index is 0.00000242. The van der Waals surface area contributed by atoms with Crippen molar-refractivity contribution in [1.29, 1.82) is 0 Å². The Morgan fingerprint density at radius 2 is 1.91 bits per heavy atom. The van der Waals surface area contributed by atoms with Crippen LogP contribution in [0.4, 0.5) is 13.2 Å². The van der Waals surface area contributed by atoms with E-state index >= 15 is 0 Å². The predicted octanol–water partition coefficient (Wildman–Crippen LogP) is 3.86. The summed E-state index contributed by atoms with van der Waals surface area (Å²) in [7, 11) is 0. The zero-order valence-electron chi connectivity index (χ0n) is 12.6. The second kappa shape index (κ2) is 9.38. The van der Waals surface area contributed by atoms with Gasteiger partial charge in [0.2, 0.25) is 0 Å². The highest BCUT2D eigenvalue weighted by atomic mass is 35.5. The van der Waals surface area contributed by atoms with Gasteiger partial charge in [-0.2, -0.15) is 13.2 Å². The van der Waals surface area contributed by atoms with Gasteiger partial charge in [0.05, 0.1) is 6.42 Å². The maximum Gasteiger partial charge on any atom is 0.390 e. The third-order valence-electron chi connectivity index (χ3n) is 3.88. The monoisotopic (exact) mass is 336 g/mol. The molecule has 1 aliphatic rings. The molecule has 1 N–H and O–H groups in total. The first kappa shape index (κ1) is 19.3. The van der Waals surface area contributed by atoms with Gasteiger partial charge in [-0.05, 0) is 37.4 Å². The molecule has 2 rings (SSSR count). The molecule has 0 saturated carbocycles. The minimum absolute atomic E-state index is 0. The van der Waals surface area contributed by atoms with Crippen molar-refractivity contribution in [3.05, 3.63) is 35.9 Å². The topological polar surface area (TPSA) is 15.3 Å². The molecule has 1 aromatic carbocycles. The number of benzene rings is 1. The molecule has 1 heterocycles. The van der Waals surface area contributed by atoms with Gasteiger partial charge in [0.15, 0.2) is 0 Å². The Kier molecular flexibility index (Phi) is 8.21. The normalized spacial score (nSPS) is 19.0. The van der Waals surface area contributed by atoms with E-state index in [1.54, 1.807) is 0 Å². The molecule has 6 heteroatoms. The van der Waals surface area contributed by atoms with Gasteiger partial charge in [0.25, 0.3) is 0 Å². The number of hydrogen-bond acceptors (Lipinski definition) is 2. The van der Waals surface area contributed by atoms with E-state index in [0.29, 0.717) is 12.5 Å². The fourth-order valence-electron chi connectivity index (χ4n) is 2.81. The van der Waals surface area contributed by atoms with Crippen molar-refractivity contribution in [3.63, 3.8) is 0 Å². The van der Waals surface area contributed by atoms with E-state index < -0.39 is 12.6 Å². The summed E-state index contributed by atoms with van der Waals surface area (Å²) in [6, 6.07) is 9.73. The van der Waals surface area contributed by atoms with Gasteiger partial charge >= 0.3 is 6.18 Å². The van der Waals surface area contributed by atoms with Gasteiger partial charge in [0, 0.05) is 19.6 Å². The van der Waals surface area contributed by atoms with Crippen molar-refractivity contribution < 1.29 is 13.2 Å². The smallest absolute Gasteiger partial charge is 0.316 e. The molecule has 1 saturated heterocycles. The highest BCUT2D eigenvalue weighted by molar-refractivity contribution is 5.85. The first-order valence-corrected chi connectivity index (χ1v) is 7.57. The zero-order chi connectivity index (χ0) is 15.1. The summed E-state index contributed by atoms with van der Waals surface area (Å²) >= 11 is 0. The Bertz CT molecular complexity index is 406. The van der Waals surface area contributed by atoms with E-state index in [-0.39, 0.29) is 19.0 Å². The third-order valence-corrected chi connectivity index (χ3v) is 3.88. The van der Waals surface area contributed by atoms with Gasteiger partial charge < -0.3 is 5.32 Å². The highest BCUT2D eigenvalue weighted by Gasteiger charge is 2.28. The summed E-state index contributed by atoms with van der Waals surface area (Å²) < 4.78 is 37.5. The SMILES string of the molecule is Cl.FC(F)(F)CCN(Cc1ccccc1)CC1CCCNC1. The molecule has 2 nitrogen and oxygen atoms in total. The van der Waals surface area contributed by atoms with Gasteiger partial charge in [-0.15, -0.1) is 12.4 Å². The van der Waals surface area contributed by atoms with Gasteiger partial charge in [0.1, 0.15) is 0 Å². The van der Waals surface area contributed by atoms with Crippen LogP contribution in [0.3, 0.4) is 0 Å². The van der Waals surface area contributed by atoms with Crippen molar-refractivity contribution >= 4 is 12.4 Å². The molecule has 1 fully saturated rings. The van der Waals surface area contributed by atoms with E-state index in [0.717, 1.165) is 38.0 Å². The van der Waals surface area contributed by atoms with Gasteiger partial charge in [-0.1, -0.05) is 30.3 Å². The second-order valence-electron chi connectivity index (χ2n) is 5.80. The molecule has 0 aliphatic carbocycles. The lowest BCUT2D eigenvalue weighted by Gasteiger charge is -2.30. The van der Waals surface area contributed by atoms with Crippen LogP contribution in [0.15, 0.2) is 30.3 Å². The maximum atomic E-state index is 12.5. The standard InChI is InChI=1S/C16H23F3N2.ClH/c17-16(18,19)8-10-21(12-14-5-2-1-3-6-14)13-15-7-4-9-20-11-15;/h1-3,5-6,15,20H,4,7-13H2;1H. The largest absolute Gasteiger partial charge is 0.390 e. The van der Waals surface area contributed by atoms with Crippen molar-refractivity contribution in [2.24, 2.45) is 5.92 Å². The van der Waals surface area contributed by atoms with E-state index in [2.05, 4.69) is 5.32 Å². The molecule has 0 radical (unpaired) electrons. The van der Waals surface area contributed by atoms with E-state index in [1.807, 2.05) is 35.2 Å². The van der Waals surface area contributed by atoms with E-state index in [4.69, 9.17) is 0 Å². The summed E-state index contributed by atoms with van der Waals surface area (Å²) in [6.45, 7) is 3.34. The van der Waals surface area contributed by atoms with Crippen LogP contribution in [0.1, 0.15) is 24.8 Å². The lowest BCUT2D eigenvalue weighted by molar-refractivity contribution is -0.138. The quantitative estimate of drug-likeness (QED) is 0.848. The van der Waals surface area contributed by atoms with E-state index in [1.165, 1.54) is 0 Å². The Morgan fingerprint density at radius 3 is 2.50 bits per heavy atom. The van der Waals surface area contributed by atoms with Crippen LogP contribution in [0.2, 0.25) is 0 Å². The number of rotatable bonds is 6. The lowest BCUT2D eigenvalue weighted by Crippen LogP contribution is -2.39. The molecule has 0 bridgehead atoms. The number of nitrogens with one attached hydrogen (secondary N) is 1. The molecule has 0 amide bonds. The Labute approximate surface area is 136 Å². The molecule has 1 aromatic rings. The summed E-state index contributed by atoms with van der Waals surface area (Å²) in [4.78, 5) is 1.94. The maximum absolute atomic E-state index is 12.5. The van der Waals surface area contributed by atoms with E-state index in [9.17, 15) is 13.2 Å². The summed E-state index contributed by atoms with van der Waals surface area (Å²) in [5.41, 5.74) is 1.07. The molecule has 1 atom stereocenters. The second-order valence-corrected chi connectivity index (χ2v) is 5.80. The summed E-state index contributed by atoms with van der Waals surface area (Å²) in [5.74, 6) is 0.454. The molecule has 22 heavy (non-hydrogen) atoms. The van der Waals surface area contributed by atoms with Crippen molar-refractivity contribution in [2.75, 3.05) is 26.2 Å². The van der Waals surface area contributed by atoms with Crippen molar-refractivity contribution in [2.45, 2.75) is 32.0 Å². The lowest BCUT2D eigenvalue weighted by atomic mass is 9.98. The molecule has 1 aliphatic heterocycles. The highest BCUT2D eigenvalue weighted by Crippen LogP contribution is 2.21. The van der Waals surface area contributed by atoms with Crippen LogP contribution < -0.4 is 5.32 Å². The van der Waals surface area contributed by atoms with Gasteiger partial charge in [-0.3, -0.25) is 4.90 Å². The van der Waals surface area contributed by atoms with Crippen molar-refractivity contribution in [3.8, 4) is 0 Å². The number of piperidine rings is 1. The van der Waals surface area contributed by atoms with Crippen LogP contribution in [0.5, 0.6) is 0 Å². The molecule has 126 valence electrons. The summed E-state index contributed by atoms with van der Waals surface area (Å²) in [6.07, 6.45) is -2.60. The zero-order valence-corrected chi connectivity index (χ0v) is 13.4. The number of halogens is 4. The van der Waals surface area contributed by atoms with Crippen LogP contribution in [0.25, 0.3) is 0 Å². The van der Waals surface area contributed by atoms with Crippen LogP contribution in [-0.2, 0) is 6.54 Å². The Morgan fingerprint density at radius 1 is 1.18 bits per heavy atom. The minimum Gasteiger partial charge on any atom is -0.316 e. The molecular formula is C16H24ClF3N2. The fourth-order valence-corrected chi connectivity index (χ4v) is 2.81. The van der Waals surface area contributed by atoms with Crippen LogP contribution >= 0.6 is 12.4 Å². The molecule has 0 aromatic heterocycles. The molecule has 1 unspecified atom stereocenters. The third kappa shape index (κ3) is 7.47. The molecular weight excluding hydrogens is 313 g/mol. The minimum atomic E-state index is -4.08. The number of nitrogens with zero attached hydrogens (tertiary/aromatic N) is 1.